The quantitative estimate of drug-likeness (QED) is 0.0803. The van der Waals surface area contributed by atoms with E-state index in [0.29, 0.717) is 6.07 Å². The maximum atomic E-state index is 15.3. The van der Waals surface area contributed by atoms with E-state index >= 15 is 17.6 Å². The first-order valence-corrected chi connectivity index (χ1v) is 14.3. The van der Waals surface area contributed by atoms with Gasteiger partial charge < -0.3 is 4.74 Å². The Morgan fingerprint density at radius 1 is 0.585 bits per heavy atom. The molecule has 0 saturated heterocycles. The molecule has 0 spiro atoms. The molecule has 0 aromatic heterocycles. The highest BCUT2D eigenvalue weighted by molar-refractivity contribution is 6.43. The molecule has 53 heavy (non-hydrogen) atoms. The van der Waals surface area contributed by atoms with Crippen molar-refractivity contribution < 1.29 is 59.0 Å². The molecule has 258 valence electrons. The molecule has 10 nitrogen and oxygen atoms in total. The van der Waals surface area contributed by atoms with Crippen molar-refractivity contribution in [1.82, 2.24) is 0 Å². The first-order valence-electron chi connectivity index (χ1n) is 14.3. The first kappa shape index (κ1) is 33.8. The summed E-state index contributed by atoms with van der Waals surface area (Å²) in [6.07, 6.45) is 0. The number of nitrogens with zero attached hydrogens (tertiary/aromatic N) is 5. The van der Waals surface area contributed by atoms with Gasteiger partial charge in [-0.15, -0.1) is 0 Å². The summed E-state index contributed by atoms with van der Waals surface area (Å²) in [5.41, 5.74) is -10.2. The van der Waals surface area contributed by atoms with E-state index in [4.69, 9.17) is 21.8 Å². The van der Waals surface area contributed by atoms with Gasteiger partial charge in [0.05, 0.1) is 29.3 Å². The van der Waals surface area contributed by atoms with Gasteiger partial charge in [-0.05, 0) is 42.5 Å². The maximum absolute atomic E-state index is 15.3. The van der Waals surface area contributed by atoms with Gasteiger partial charge in [0.2, 0.25) is 0 Å². The average Bonchev–Trinajstić information content (AvgIpc) is 3.14. The molecule has 0 fully saturated rings. The summed E-state index contributed by atoms with van der Waals surface area (Å²) in [6.45, 7) is 6.85. The van der Waals surface area contributed by atoms with Crippen LogP contribution in [0, 0.1) is 75.8 Å². The summed E-state index contributed by atoms with van der Waals surface area (Å²) in [5.74, 6) is -26.1. The van der Waals surface area contributed by atoms with Crippen molar-refractivity contribution in [3.8, 4) is 23.6 Å². The van der Waals surface area contributed by atoms with Gasteiger partial charge in [-0.1, -0.05) is 0 Å². The minimum absolute atomic E-state index is 0.0974. The topological polar surface area (TPSA) is 136 Å². The van der Waals surface area contributed by atoms with E-state index in [2.05, 4.69) is 4.85 Å². The highest BCUT2D eigenvalue weighted by Gasteiger charge is 2.46. The lowest BCUT2D eigenvalue weighted by atomic mass is 9.85. The molecule has 5 aromatic rings. The van der Waals surface area contributed by atoms with Crippen LogP contribution in [0.1, 0.15) is 52.6 Å². The van der Waals surface area contributed by atoms with E-state index in [1.807, 2.05) is 6.07 Å². The Morgan fingerprint density at radius 2 is 1.06 bits per heavy atom. The molecule has 7 rings (SSSR count). The van der Waals surface area contributed by atoms with Crippen molar-refractivity contribution in [2.24, 2.45) is 0 Å². The zero-order valence-corrected chi connectivity index (χ0v) is 25.3. The molecule has 0 radical (unpaired) electrons. The van der Waals surface area contributed by atoms with E-state index in [1.54, 1.807) is 0 Å². The number of ether oxygens (including phenoxy) is 1. The Morgan fingerprint density at radius 3 is 1.55 bits per heavy atom. The van der Waals surface area contributed by atoms with Crippen LogP contribution in [0.5, 0.6) is 11.5 Å². The Kier molecular flexibility index (Phi) is 7.48. The number of rotatable bonds is 4. The number of benzene rings is 5. The van der Waals surface area contributed by atoms with Crippen LogP contribution in [0.4, 0.5) is 52.2 Å². The average molecular weight is 729 g/mol. The molecule has 0 saturated carbocycles. The van der Waals surface area contributed by atoms with E-state index in [-0.39, 0.29) is 21.1 Å². The van der Waals surface area contributed by atoms with Gasteiger partial charge >= 0.3 is 0 Å². The van der Waals surface area contributed by atoms with Gasteiger partial charge in [-0.3, -0.25) is 19.2 Å². The predicted octanol–water partition coefficient (Wildman–Crippen LogP) is 7.64. The first-order chi connectivity index (χ1) is 25.2. The highest BCUT2D eigenvalue weighted by Crippen LogP contribution is 2.47. The minimum atomic E-state index is -2.33. The molecule has 0 aliphatic carbocycles. The van der Waals surface area contributed by atoms with E-state index in [1.165, 1.54) is 12.1 Å². The molecule has 0 bridgehead atoms. The Balaban J connectivity index is 1.53. The molecule has 2 heterocycles. The second-order valence-electron chi connectivity index (χ2n) is 11.0. The summed E-state index contributed by atoms with van der Waals surface area (Å²) in [7, 11) is 0. The van der Waals surface area contributed by atoms with Crippen LogP contribution < -0.4 is 14.5 Å². The van der Waals surface area contributed by atoms with Crippen molar-refractivity contribution >= 4 is 51.5 Å². The number of carbonyl (C=O) groups is 4. The van der Waals surface area contributed by atoms with Crippen molar-refractivity contribution in [2.75, 3.05) is 9.80 Å². The third kappa shape index (κ3) is 4.47. The highest BCUT2D eigenvalue weighted by atomic mass is 19.2. The van der Waals surface area contributed by atoms with Crippen molar-refractivity contribution in [2.45, 2.75) is 0 Å². The molecule has 0 atom stereocenters. The number of amides is 4. The summed E-state index contributed by atoms with van der Waals surface area (Å²) >= 11 is 0. The molecular formula is C35H7F8N5O5. The summed E-state index contributed by atoms with van der Waals surface area (Å²) < 4.78 is 126. The molecule has 0 N–H and O–H groups in total. The van der Waals surface area contributed by atoms with Crippen LogP contribution in [0.15, 0.2) is 42.5 Å². The minimum Gasteiger partial charge on any atom is -0.456 e. The summed E-state index contributed by atoms with van der Waals surface area (Å²) in [5, 5.41) is 16.9. The molecular weight excluding hydrogens is 722 g/mol. The number of imide groups is 2. The van der Waals surface area contributed by atoms with E-state index < -0.39 is 132 Å². The van der Waals surface area contributed by atoms with Crippen LogP contribution >= 0.6 is 0 Å². The third-order valence-corrected chi connectivity index (χ3v) is 8.30. The van der Waals surface area contributed by atoms with Gasteiger partial charge in [-0.2, -0.15) is 10.5 Å². The van der Waals surface area contributed by atoms with Gasteiger partial charge in [0.1, 0.15) is 34.5 Å². The lowest BCUT2D eigenvalue weighted by molar-refractivity contribution is 0.0869. The van der Waals surface area contributed by atoms with E-state index in [9.17, 15) is 36.7 Å². The summed E-state index contributed by atoms with van der Waals surface area (Å²) in [6, 6.07) is 9.61. The van der Waals surface area contributed by atoms with E-state index in [0.717, 1.165) is 30.3 Å². The lowest BCUT2D eigenvalue weighted by Crippen LogP contribution is -2.45. The molecule has 0 unspecified atom stereocenters. The fourth-order valence-corrected chi connectivity index (χ4v) is 5.96. The standard InChI is InChI=1S/C35H7F8N5O5/c1-46-29-23(38)27(42)31(28(43)24(29)39)48-33(50)14-7-6-13-18-15(8-17(20(19(14)18)35(48)52)53-12-4-2-11(9-44)3-5-12)34(51)47(32(13)49)30-25(40)21(36)16(10-45)22(37)26(30)41/h2-8H. The van der Waals surface area contributed by atoms with Crippen molar-refractivity contribution in [1.29, 1.82) is 10.5 Å². The fraction of sp³-hybridized carbons (Fsp3) is 0. The zero-order chi connectivity index (χ0) is 38.4. The molecule has 4 amide bonds. The molecule has 2 aliphatic heterocycles. The van der Waals surface area contributed by atoms with Crippen molar-refractivity contribution in [3.63, 3.8) is 0 Å². The predicted molar refractivity (Wildman–Crippen MR) is 161 cm³/mol. The Labute approximate surface area is 288 Å². The number of halogens is 8. The van der Waals surface area contributed by atoms with Gasteiger partial charge in [0, 0.05) is 21.9 Å². The van der Waals surface area contributed by atoms with Crippen LogP contribution in [0.25, 0.3) is 15.6 Å². The Hall–Kier alpha value is -7.65. The number of hydrogen-bond acceptors (Lipinski definition) is 7. The number of nitriles is 2. The fourth-order valence-electron chi connectivity index (χ4n) is 5.96. The monoisotopic (exact) mass is 729 g/mol. The number of hydrogen-bond donors (Lipinski definition) is 0. The Bertz CT molecular complexity index is 2710. The SMILES string of the molecule is [C-]#[N+]c1c(F)c(F)c(N2C(=O)c3ccc4c5c(cc(Oc6ccc(C#N)cc6)c(c35)C2=O)C(=O)N(c2c(F)c(F)c(C#N)c(F)c2F)C4=O)c(F)c1F. The molecule has 5 aromatic carbocycles. The number of carbonyl (C=O) groups excluding carboxylic acids is 4. The lowest BCUT2D eigenvalue weighted by Gasteiger charge is -2.33. The second-order valence-corrected chi connectivity index (χ2v) is 11.0. The smallest absolute Gasteiger partial charge is 0.269 e. The van der Waals surface area contributed by atoms with Gasteiger partial charge in [-0.25, -0.2) is 49.8 Å². The largest absolute Gasteiger partial charge is 0.456 e. The van der Waals surface area contributed by atoms with Crippen LogP contribution in [-0.2, 0) is 0 Å². The molecule has 2 aliphatic rings. The second kappa shape index (κ2) is 11.7. The van der Waals surface area contributed by atoms with Gasteiger partial charge in [0.15, 0.2) is 46.5 Å². The van der Waals surface area contributed by atoms with Crippen molar-refractivity contribution in [3.05, 3.63) is 134 Å². The van der Waals surface area contributed by atoms with Gasteiger partial charge in [0.25, 0.3) is 29.3 Å². The maximum Gasteiger partial charge on any atom is 0.269 e. The summed E-state index contributed by atoms with van der Waals surface area (Å²) in [4.78, 5) is 57.5. The van der Waals surface area contributed by atoms with Crippen LogP contribution in [0.2, 0.25) is 0 Å². The van der Waals surface area contributed by atoms with Crippen LogP contribution in [-0.4, -0.2) is 23.6 Å². The normalized spacial score (nSPS) is 13.3. The van der Waals surface area contributed by atoms with Crippen LogP contribution in [0.3, 0.4) is 0 Å². The zero-order valence-electron chi connectivity index (χ0n) is 25.3. The molecule has 18 heteroatoms. The number of anilines is 2. The third-order valence-electron chi connectivity index (χ3n) is 8.30.